The fraction of sp³-hybridized carbons (Fsp3) is 0.385. The minimum Gasteiger partial charge on any atom is -0.497 e. The number of benzene rings is 2. The van der Waals surface area contributed by atoms with Crippen molar-refractivity contribution < 1.29 is 9.47 Å². The van der Waals surface area contributed by atoms with E-state index in [1.165, 1.54) is 28.1 Å². The van der Waals surface area contributed by atoms with Gasteiger partial charge in [0.05, 0.1) is 26.0 Å². The van der Waals surface area contributed by atoms with Crippen molar-refractivity contribution in [3.05, 3.63) is 71.4 Å². The second-order valence-corrected chi connectivity index (χ2v) is 8.34. The molecule has 1 aliphatic heterocycles. The lowest BCUT2D eigenvalue weighted by Gasteiger charge is -2.26. The second-order valence-electron chi connectivity index (χ2n) is 8.34. The van der Waals surface area contributed by atoms with Gasteiger partial charge in [-0.25, -0.2) is 0 Å². The SMILES string of the molecule is COc1ccc(-n2c(-c3ccc(C(C)C)cc3)cc(CN3CCOCC3)c2C)cc1. The zero-order chi connectivity index (χ0) is 21.1. The molecule has 1 aromatic heterocycles. The van der Waals surface area contributed by atoms with Gasteiger partial charge < -0.3 is 14.0 Å². The van der Waals surface area contributed by atoms with Crippen LogP contribution in [0.2, 0.25) is 0 Å². The number of morpholine rings is 1. The molecular weight excluding hydrogens is 372 g/mol. The van der Waals surface area contributed by atoms with Gasteiger partial charge in [-0.15, -0.1) is 0 Å². The molecule has 0 amide bonds. The van der Waals surface area contributed by atoms with Gasteiger partial charge in [-0.05, 0) is 59.9 Å². The lowest BCUT2D eigenvalue weighted by Crippen LogP contribution is -2.35. The molecule has 4 nitrogen and oxygen atoms in total. The summed E-state index contributed by atoms with van der Waals surface area (Å²) in [6, 6.07) is 19.7. The van der Waals surface area contributed by atoms with E-state index in [1.807, 2.05) is 12.1 Å². The van der Waals surface area contributed by atoms with Crippen LogP contribution in [0.25, 0.3) is 16.9 Å². The second kappa shape index (κ2) is 9.07. The summed E-state index contributed by atoms with van der Waals surface area (Å²) in [5, 5.41) is 0. The smallest absolute Gasteiger partial charge is 0.119 e. The molecule has 1 fully saturated rings. The number of hydrogen-bond acceptors (Lipinski definition) is 3. The zero-order valence-electron chi connectivity index (χ0n) is 18.5. The van der Waals surface area contributed by atoms with Gasteiger partial charge in [-0.1, -0.05) is 38.1 Å². The van der Waals surface area contributed by atoms with Crippen molar-refractivity contribution >= 4 is 0 Å². The summed E-state index contributed by atoms with van der Waals surface area (Å²) in [5.74, 6) is 1.41. The number of hydrogen-bond donors (Lipinski definition) is 0. The van der Waals surface area contributed by atoms with E-state index in [9.17, 15) is 0 Å². The first-order chi connectivity index (χ1) is 14.6. The van der Waals surface area contributed by atoms with Crippen molar-refractivity contribution in [3.63, 3.8) is 0 Å². The van der Waals surface area contributed by atoms with Gasteiger partial charge in [0, 0.05) is 31.0 Å². The number of ether oxygens (including phenoxy) is 2. The number of aromatic nitrogens is 1. The predicted octanol–water partition coefficient (Wildman–Crippen LogP) is 5.42. The Hall–Kier alpha value is -2.56. The molecule has 0 N–H and O–H groups in total. The average Bonchev–Trinajstić information content (AvgIpc) is 3.10. The first-order valence-electron chi connectivity index (χ1n) is 10.8. The minimum absolute atomic E-state index is 0.533. The monoisotopic (exact) mass is 404 g/mol. The Morgan fingerprint density at radius 3 is 2.23 bits per heavy atom. The maximum Gasteiger partial charge on any atom is 0.119 e. The Labute approximate surface area is 180 Å². The quantitative estimate of drug-likeness (QED) is 0.549. The molecule has 1 saturated heterocycles. The van der Waals surface area contributed by atoms with Gasteiger partial charge in [0.1, 0.15) is 5.75 Å². The summed E-state index contributed by atoms with van der Waals surface area (Å²) < 4.78 is 13.3. The molecule has 3 aromatic rings. The van der Waals surface area contributed by atoms with Gasteiger partial charge in [0.15, 0.2) is 0 Å². The van der Waals surface area contributed by atoms with Gasteiger partial charge in [0.2, 0.25) is 0 Å². The molecule has 0 atom stereocenters. The van der Waals surface area contributed by atoms with E-state index in [0.29, 0.717) is 5.92 Å². The number of rotatable bonds is 6. The molecule has 0 bridgehead atoms. The largest absolute Gasteiger partial charge is 0.497 e. The highest BCUT2D eigenvalue weighted by atomic mass is 16.5. The van der Waals surface area contributed by atoms with Crippen molar-refractivity contribution in [3.8, 4) is 22.7 Å². The highest BCUT2D eigenvalue weighted by Gasteiger charge is 2.18. The van der Waals surface area contributed by atoms with Crippen LogP contribution in [0.5, 0.6) is 5.75 Å². The van der Waals surface area contributed by atoms with Crippen LogP contribution in [0.1, 0.15) is 36.6 Å². The zero-order valence-corrected chi connectivity index (χ0v) is 18.5. The van der Waals surface area contributed by atoms with E-state index in [4.69, 9.17) is 9.47 Å². The maximum atomic E-state index is 5.53. The van der Waals surface area contributed by atoms with Crippen molar-refractivity contribution in [1.82, 2.24) is 9.47 Å². The molecule has 158 valence electrons. The number of methoxy groups -OCH3 is 1. The number of nitrogens with zero attached hydrogens (tertiary/aromatic N) is 2. The van der Waals surface area contributed by atoms with Crippen LogP contribution in [-0.2, 0) is 11.3 Å². The van der Waals surface area contributed by atoms with E-state index in [2.05, 4.69) is 72.7 Å². The van der Waals surface area contributed by atoms with Gasteiger partial charge >= 0.3 is 0 Å². The first-order valence-corrected chi connectivity index (χ1v) is 10.8. The standard InChI is InChI=1S/C26H32N2O2/c1-19(2)21-5-7-22(8-6-21)26-17-23(18-27-13-15-30-16-14-27)20(3)28(26)24-9-11-25(29-4)12-10-24/h5-12,17,19H,13-16,18H2,1-4H3. The maximum absolute atomic E-state index is 5.53. The topological polar surface area (TPSA) is 26.6 Å². The third kappa shape index (κ3) is 4.30. The summed E-state index contributed by atoms with van der Waals surface area (Å²) in [6.07, 6.45) is 0. The van der Waals surface area contributed by atoms with Crippen LogP contribution in [0.15, 0.2) is 54.6 Å². The summed E-state index contributed by atoms with van der Waals surface area (Å²) >= 11 is 0. The van der Waals surface area contributed by atoms with E-state index >= 15 is 0 Å². The molecule has 2 heterocycles. The molecule has 4 rings (SSSR count). The Kier molecular flexibility index (Phi) is 6.26. The summed E-state index contributed by atoms with van der Waals surface area (Å²) in [6.45, 7) is 11.3. The van der Waals surface area contributed by atoms with Gasteiger partial charge in [-0.2, -0.15) is 0 Å². The van der Waals surface area contributed by atoms with Crippen LogP contribution in [0.4, 0.5) is 0 Å². The third-order valence-corrected chi connectivity index (χ3v) is 6.05. The first kappa shape index (κ1) is 20.7. The van der Waals surface area contributed by atoms with Crippen LogP contribution >= 0.6 is 0 Å². The van der Waals surface area contributed by atoms with Crippen molar-refractivity contribution in [2.24, 2.45) is 0 Å². The van der Waals surface area contributed by atoms with E-state index in [0.717, 1.165) is 44.3 Å². The molecule has 0 aliphatic carbocycles. The van der Waals surface area contributed by atoms with E-state index in [1.54, 1.807) is 7.11 Å². The Morgan fingerprint density at radius 1 is 0.967 bits per heavy atom. The third-order valence-electron chi connectivity index (χ3n) is 6.05. The normalized spacial score (nSPS) is 15.0. The van der Waals surface area contributed by atoms with E-state index < -0.39 is 0 Å². The van der Waals surface area contributed by atoms with Crippen LogP contribution in [-0.4, -0.2) is 42.9 Å². The molecule has 0 radical (unpaired) electrons. The minimum atomic E-state index is 0.533. The summed E-state index contributed by atoms with van der Waals surface area (Å²) in [5.41, 5.74) is 7.66. The lowest BCUT2D eigenvalue weighted by molar-refractivity contribution is 0.0341. The highest BCUT2D eigenvalue weighted by molar-refractivity contribution is 5.66. The van der Waals surface area contributed by atoms with Crippen molar-refractivity contribution in [1.29, 1.82) is 0 Å². The van der Waals surface area contributed by atoms with Crippen molar-refractivity contribution in [2.75, 3.05) is 33.4 Å². The molecule has 0 spiro atoms. The fourth-order valence-corrected chi connectivity index (χ4v) is 4.13. The van der Waals surface area contributed by atoms with E-state index in [-0.39, 0.29) is 0 Å². The predicted molar refractivity (Wildman–Crippen MR) is 123 cm³/mol. The summed E-state index contributed by atoms with van der Waals surface area (Å²) in [4.78, 5) is 2.48. The summed E-state index contributed by atoms with van der Waals surface area (Å²) in [7, 11) is 1.71. The Morgan fingerprint density at radius 2 is 1.63 bits per heavy atom. The van der Waals surface area contributed by atoms with Crippen LogP contribution in [0.3, 0.4) is 0 Å². The molecule has 4 heteroatoms. The van der Waals surface area contributed by atoms with Crippen molar-refractivity contribution in [2.45, 2.75) is 33.2 Å². The molecular formula is C26H32N2O2. The average molecular weight is 405 g/mol. The van der Waals surface area contributed by atoms with Crippen LogP contribution < -0.4 is 4.74 Å². The molecule has 0 unspecified atom stereocenters. The lowest BCUT2D eigenvalue weighted by atomic mass is 10.0. The molecule has 1 aliphatic rings. The van der Waals surface area contributed by atoms with Gasteiger partial charge in [0.25, 0.3) is 0 Å². The molecule has 0 saturated carbocycles. The fourth-order valence-electron chi connectivity index (χ4n) is 4.13. The Balaban J connectivity index is 1.76. The highest BCUT2D eigenvalue weighted by Crippen LogP contribution is 2.32. The van der Waals surface area contributed by atoms with Crippen LogP contribution in [0, 0.1) is 6.92 Å². The molecule has 2 aromatic carbocycles. The Bertz CT molecular complexity index is 966. The molecule has 30 heavy (non-hydrogen) atoms. The van der Waals surface area contributed by atoms with Gasteiger partial charge in [-0.3, -0.25) is 4.90 Å².